The Labute approximate surface area is 124 Å². The first-order chi connectivity index (χ1) is 10.0. The zero-order valence-corrected chi connectivity index (χ0v) is 12.9. The lowest BCUT2D eigenvalue weighted by atomic mass is 10.1. The molecule has 0 spiro atoms. The summed E-state index contributed by atoms with van der Waals surface area (Å²) in [4.78, 5) is 14.2. The van der Waals surface area contributed by atoms with E-state index in [4.69, 9.17) is 4.74 Å². The minimum absolute atomic E-state index is 0.0650. The van der Waals surface area contributed by atoms with Crippen LogP contribution in [0.1, 0.15) is 37.0 Å². The minimum atomic E-state index is -0.809. The van der Waals surface area contributed by atoms with E-state index in [9.17, 15) is 13.6 Å². The van der Waals surface area contributed by atoms with Crippen LogP contribution in [-0.2, 0) is 4.74 Å². The molecule has 118 valence electrons. The van der Waals surface area contributed by atoms with Gasteiger partial charge in [-0.3, -0.25) is 9.69 Å². The van der Waals surface area contributed by atoms with Crippen molar-refractivity contribution in [2.45, 2.75) is 32.7 Å². The van der Waals surface area contributed by atoms with Gasteiger partial charge in [0.25, 0.3) is 0 Å². The Bertz CT molecular complexity index is 462. The van der Waals surface area contributed by atoms with Gasteiger partial charge in [0.05, 0.1) is 18.7 Å². The SMILES string of the molecule is CCC(CC)N(CCOC)CC(=O)c1ccc(F)cc1F. The molecule has 5 heteroatoms. The molecular weight excluding hydrogens is 276 g/mol. The number of nitrogens with zero attached hydrogens (tertiary/aromatic N) is 1. The van der Waals surface area contributed by atoms with Crippen molar-refractivity contribution in [2.24, 2.45) is 0 Å². The van der Waals surface area contributed by atoms with E-state index in [-0.39, 0.29) is 23.9 Å². The molecule has 21 heavy (non-hydrogen) atoms. The highest BCUT2D eigenvalue weighted by Crippen LogP contribution is 2.14. The molecule has 1 aromatic rings. The first-order valence-corrected chi connectivity index (χ1v) is 7.24. The number of carbonyl (C=O) groups is 1. The van der Waals surface area contributed by atoms with Crippen LogP contribution in [0.2, 0.25) is 0 Å². The van der Waals surface area contributed by atoms with Crippen LogP contribution in [0, 0.1) is 11.6 Å². The number of ether oxygens (including phenoxy) is 1. The maximum atomic E-state index is 13.7. The van der Waals surface area contributed by atoms with Crippen molar-refractivity contribution in [3.8, 4) is 0 Å². The van der Waals surface area contributed by atoms with E-state index < -0.39 is 11.6 Å². The number of halogens is 2. The quantitative estimate of drug-likeness (QED) is 0.655. The number of carbonyl (C=O) groups excluding carboxylic acids is 1. The second kappa shape index (κ2) is 8.85. The summed E-state index contributed by atoms with van der Waals surface area (Å²) in [5.74, 6) is -1.83. The van der Waals surface area contributed by atoms with E-state index in [1.807, 2.05) is 4.90 Å². The lowest BCUT2D eigenvalue weighted by Crippen LogP contribution is -2.40. The van der Waals surface area contributed by atoms with Gasteiger partial charge in [0.1, 0.15) is 11.6 Å². The summed E-state index contributed by atoms with van der Waals surface area (Å²) < 4.78 is 31.6. The van der Waals surface area contributed by atoms with Gasteiger partial charge in [0.15, 0.2) is 5.78 Å². The van der Waals surface area contributed by atoms with Gasteiger partial charge in [-0.05, 0) is 25.0 Å². The van der Waals surface area contributed by atoms with Gasteiger partial charge in [-0.2, -0.15) is 0 Å². The summed E-state index contributed by atoms with van der Waals surface area (Å²) >= 11 is 0. The second-order valence-corrected chi connectivity index (χ2v) is 4.98. The van der Waals surface area contributed by atoms with Crippen LogP contribution in [0.25, 0.3) is 0 Å². The average Bonchev–Trinajstić information content (AvgIpc) is 2.45. The molecule has 0 N–H and O–H groups in total. The highest BCUT2D eigenvalue weighted by molar-refractivity contribution is 5.97. The molecule has 0 radical (unpaired) electrons. The average molecular weight is 299 g/mol. The molecule has 1 aromatic carbocycles. The van der Waals surface area contributed by atoms with E-state index in [2.05, 4.69) is 13.8 Å². The summed E-state index contributed by atoms with van der Waals surface area (Å²) in [7, 11) is 1.60. The van der Waals surface area contributed by atoms with Crippen molar-refractivity contribution >= 4 is 5.78 Å². The number of methoxy groups -OCH3 is 1. The lowest BCUT2D eigenvalue weighted by molar-refractivity contribution is 0.0808. The summed E-state index contributed by atoms with van der Waals surface area (Å²) in [6, 6.07) is 3.29. The van der Waals surface area contributed by atoms with Crippen molar-refractivity contribution < 1.29 is 18.3 Å². The molecule has 0 aliphatic heterocycles. The zero-order valence-electron chi connectivity index (χ0n) is 12.9. The van der Waals surface area contributed by atoms with Gasteiger partial charge in [-0.15, -0.1) is 0 Å². The number of benzene rings is 1. The number of Topliss-reactive ketones (excluding diaryl/α,β-unsaturated/α-hetero) is 1. The van der Waals surface area contributed by atoms with E-state index in [1.54, 1.807) is 7.11 Å². The van der Waals surface area contributed by atoms with Gasteiger partial charge < -0.3 is 4.74 Å². The van der Waals surface area contributed by atoms with Crippen LogP contribution in [0.5, 0.6) is 0 Å². The van der Waals surface area contributed by atoms with Crippen molar-refractivity contribution in [1.29, 1.82) is 0 Å². The predicted molar refractivity (Wildman–Crippen MR) is 78.5 cm³/mol. The molecule has 0 aliphatic carbocycles. The van der Waals surface area contributed by atoms with Crippen molar-refractivity contribution in [3.05, 3.63) is 35.4 Å². The summed E-state index contributed by atoms with van der Waals surface area (Å²) in [6.45, 7) is 5.33. The largest absolute Gasteiger partial charge is 0.383 e. The maximum Gasteiger partial charge on any atom is 0.179 e. The van der Waals surface area contributed by atoms with Gasteiger partial charge >= 0.3 is 0 Å². The third kappa shape index (κ3) is 5.17. The summed E-state index contributed by atoms with van der Waals surface area (Å²) in [5, 5.41) is 0. The molecule has 0 atom stereocenters. The number of hydrogen-bond acceptors (Lipinski definition) is 3. The van der Waals surface area contributed by atoms with Gasteiger partial charge in [0.2, 0.25) is 0 Å². The smallest absolute Gasteiger partial charge is 0.179 e. The Morgan fingerprint density at radius 2 is 1.95 bits per heavy atom. The van der Waals surface area contributed by atoms with Crippen molar-refractivity contribution in [2.75, 3.05) is 26.8 Å². The van der Waals surface area contributed by atoms with E-state index in [1.165, 1.54) is 6.07 Å². The van der Waals surface area contributed by atoms with Crippen LogP contribution in [-0.4, -0.2) is 43.5 Å². The molecule has 0 saturated carbocycles. The van der Waals surface area contributed by atoms with Gasteiger partial charge in [-0.25, -0.2) is 8.78 Å². The molecule has 3 nitrogen and oxygen atoms in total. The molecule has 0 aliphatic rings. The fourth-order valence-corrected chi connectivity index (χ4v) is 2.39. The molecule has 0 unspecified atom stereocenters. The minimum Gasteiger partial charge on any atom is -0.383 e. The lowest BCUT2D eigenvalue weighted by Gasteiger charge is -2.29. The fraction of sp³-hybridized carbons (Fsp3) is 0.562. The maximum absolute atomic E-state index is 13.7. The predicted octanol–water partition coefficient (Wildman–Crippen LogP) is 3.28. The molecule has 0 fully saturated rings. The topological polar surface area (TPSA) is 29.5 Å². The zero-order chi connectivity index (χ0) is 15.8. The number of hydrogen-bond donors (Lipinski definition) is 0. The van der Waals surface area contributed by atoms with Crippen LogP contribution in [0.4, 0.5) is 8.78 Å². The first-order valence-electron chi connectivity index (χ1n) is 7.24. The molecular formula is C16H23F2NO2. The Morgan fingerprint density at radius 1 is 1.29 bits per heavy atom. The van der Waals surface area contributed by atoms with Crippen LogP contribution in [0.3, 0.4) is 0 Å². The number of ketones is 1. The van der Waals surface area contributed by atoms with Crippen LogP contribution in [0.15, 0.2) is 18.2 Å². The first kappa shape index (κ1) is 17.7. The number of rotatable bonds is 9. The Morgan fingerprint density at radius 3 is 2.48 bits per heavy atom. The van der Waals surface area contributed by atoms with Crippen molar-refractivity contribution in [1.82, 2.24) is 4.90 Å². The normalized spacial score (nSPS) is 11.4. The van der Waals surface area contributed by atoms with Gasteiger partial charge in [0, 0.05) is 25.8 Å². The Balaban J connectivity index is 2.83. The highest BCUT2D eigenvalue weighted by Gasteiger charge is 2.20. The highest BCUT2D eigenvalue weighted by atomic mass is 19.1. The van der Waals surface area contributed by atoms with Gasteiger partial charge in [-0.1, -0.05) is 13.8 Å². The van der Waals surface area contributed by atoms with Crippen LogP contribution >= 0.6 is 0 Å². The molecule has 0 bridgehead atoms. The molecule has 0 heterocycles. The Hall–Kier alpha value is -1.33. The third-order valence-electron chi connectivity index (χ3n) is 3.62. The monoisotopic (exact) mass is 299 g/mol. The Kier molecular flexibility index (Phi) is 7.47. The molecule has 0 aromatic heterocycles. The van der Waals surface area contributed by atoms with E-state index in [0.717, 1.165) is 25.0 Å². The standard InChI is InChI=1S/C16H23F2NO2/c1-4-13(5-2)19(8-9-21-3)11-16(20)14-7-6-12(17)10-15(14)18/h6-7,10,13H,4-5,8-9,11H2,1-3H3. The summed E-state index contributed by atoms with van der Waals surface area (Å²) in [6.07, 6.45) is 1.80. The van der Waals surface area contributed by atoms with Crippen molar-refractivity contribution in [3.63, 3.8) is 0 Å². The molecule has 1 rings (SSSR count). The second-order valence-electron chi connectivity index (χ2n) is 4.98. The third-order valence-corrected chi connectivity index (χ3v) is 3.62. The van der Waals surface area contributed by atoms with E-state index in [0.29, 0.717) is 13.2 Å². The molecule has 0 amide bonds. The molecule has 0 saturated heterocycles. The summed E-state index contributed by atoms with van der Waals surface area (Å²) in [5.41, 5.74) is -0.0650. The fourth-order valence-electron chi connectivity index (χ4n) is 2.39. The van der Waals surface area contributed by atoms with Crippen LogP contribution < -0.4 is 0 Å². The van der Waals surface area contributed by atoms with E-state index >= 15 is 0 Å².